The van der Waals surface area contributed by atoms with Gasteiger partial charge in [-0.1, -0.05) is 32.1 Å². The van der Waals surface area contributed by atoms with E-state index in [1.54, 1.807) is 16.0 Å². The number of thiophene rings is 1. The van der Waals surface area contributed by atoms with Crippen LogP contribution in [-0.4, -0.2) is 32.2 Å². The van der Waals surface area contributed by atoms with E-state index in [2.05, 4.69) is 20.8 Å². The third-order valence-corrected chi connectivity index (χ3v) is 5.79. The Hall–Kier alpha value is -1.76. The summed E-state index contributed by atoms with van der Waals surface area (Å²) in [5.41, 5.74) is 1.73. The number of rotatable bonds is 3. The molecule has 0 radical (unpaired) electrons. The zero-order valence-corrected chi connectivity index (χ0v) is 14.5. The van der Waals surface area contributed by atoms with E-state index in [1.165, 1.54) is 38.4 Å². The van der Waals surface area contributed by atoms with Gasteiger partial charge in [0.15, 0.2) is 0 Å². The van der Waals surface area contributed by atoms with Crippen molar-refractivity contribution in [2.24, 2.45) is 0 Å². The summed E-state index contributed by atoms with van der Waals surface area (Å²) >= 11 is 1.56. The summed E-state index contributed by atoms with van der Waals surface area (Å²) < 4.78 is 1.58. The van der Waals surface area contributed by atoms with Gasteiger partial charge in [-0.2, -0.15) is 4.68 Å². The van der Waals surface area contributed by atoms with E-state index in [1.807, 2.05) is 13.8 Å². The first kappa shape index (κ1) is 16.1. The number of amides is 1. The van der Waals surface area contributed by atoms with Crippen molar-refractivity contribution < 1.29 is 4.79 Å². The molecule has 3 rings (SSSR count). The van der Waals surface area contributed by atoms with E-state index in [4.69, 9.17) is 0 Å². The van der Waals surface area contributed by atoms with Gasteiger partial charge in [0.25, 0.3) is 5.91 Å². The molecule has 0 atom stereocenters. The largest absolute Gasteiger partial charge is 0.349 e. The quantitative estimate of drug-likeness (QED) is 0.936. The number of carbonyl (C=O) groups excluding carboxylic acids is 1. The topological polar surface area (TPSA) is 72.7 Å². The van der Waals surface area contributed by atoms with Crippen LogP contribution in [0.4, 0.5) is 0 Å². The Balaban J connectivity index is 1.81. The molecule has 6 nitrogen and oxygen atoms in total. The number of nitrogens with zero attached hydrogens (tertiary/aromatic N) is 4. The molecule has 7 heteroatoms. The molecular weight excluding hydrogens is 310 g/mol. The molecule has 1 aliphatic carbocycles. The lowest BCUT2D eigenvalue weighted by molar-refractivity contribution is 0.0930. The first-order valence-corrected chi connectivity index (χ1v) is 9.12. The van der Waals surface area contributed by atoms with Crippen LogP contribution in [0.25, 0.3) is 5.00 Å². The Bertz CT molecular complexity index is 656. The number of tetrazole rings is 1. The van der Waals surface area contributed by atoms with Gasteiger partial charge in [0, 0.05) is 10.9 Å². The molecule has 1 saturated carbocycles. The predicted octanol–water partition coefficient (Wildman–Crippen LogP) is 3.18. The minimum atomic E-state index is 0.00271. The number of carbonyl (C=O) groups is 1. The van der Waals surface area contributed by atoms with Crippen LogP contribution in [-0.2, 0) is 0 Å². The number of hydrogen-bond donors (Lipinski definition) is 1. The molecule has 0 saturated heterocycles. The second kappa shape index (κ2) is 7.21. The number of hydrogen-bond acceptors (Lipinski definition) is 5. The lowest BCUT2D eigenvalue weighted by Crippen LogP contribution is -2.35. The lowest BCUT2D eigenvalue weighted by Gasteiger charge is -2.21. The van der Waals surface area contributed by atoms with E-state index in [0.29, 0.717) is 5.56 Å². The fourth-order valence-corrected chi connectivity index (χ4v) is 4.22. The van der Waals surface area contributed by atoms with Crippen molar-refractivity contribution in [1.29, 1.82) is 0 Å². The monoisotopic (exact) mass is 333 g/mol. The van der Waals surface area contributed by atoms with E-state index >= 15 is 0 Å². The highest BCUT2D eigenvalue weighted by Gasteiger charge is 2.23. The van der Waals surface area contributed by atoms with E-state index in [0.717, 1.165) is 28.3 Å². The van der Waals surface area contributed by atoms with Gasteiger partial charge < -0.3 is 5.32 Å². The predicted molar refractivity (Wildman–Crippen MR) is 90.1 cm³/mol. The Morgan fingerprint density at radius 3 is 2.57 bits per heavy atom. The van der Waals surface area contributed by atoms with Crippen LogP contribution < -0.4 is 5.32 Å². The second-order valence-electron chi connectivity index (χ2n) is 6.23. The summed E-state index contributed by atoms with van der Waals surface area (Å²) in [6, 6.07) is 0.282. The van der Waals surface area contributed by atoms with Gasteiger partial charge >= 0.3 is 0 Å². The standard InChI is InChI=1S/C16H23N5OS/c1-11-12(2)23-16(21-10-17-19-20-21)14(11)15(22)18-13-8-6-4-3-5-7-9-13/h10,13H,3-9H2,1-2H3,(H,18,22). The molecule has 0 aromatic carbocycles. The second-order valence-corrected chi connectivity index (χ2v) is 7.44. The molecular formula is C16H23N5OS. The summed E-state index contributed by atoms with van der Waals surface area (Å²) in [7, 11) is 0. The summed E-state index contributed by atoms with van der Waals surface area (Å²) in [5.74, 6) is 0.00271. The first-order valence-electron chi connectivity index (χ1n) is 8.31. The summed E-state index contributed by atoms with van der Waals surface area (Å²) in [6.45, 7) is 4.02. The van der Waals surface area contributed by atoms with Crippen molar-refractivity contribution in [3.63, 3.8) is 0 Å². The maximum Gasteiger partial charge on any atom is 0.254 e. The Kier molecular flexibility index (Phi) is 5.05. The van der Waals surface area contributed by atoms with Gasteiger partial charge in [-0.3, -0.25) is 4.79 Å². The first-order chi connectivity index (χ1) is 11.2. The Labute approximate surface area is 140 Å². The molecule has 1 N–H and O–H groups in total. The zero-order chi connectivity index (χ0) is 16.2. The van der Waals surface area contributed by atoms with Gasteiger partial charge in [0.1, 0.15) is 11.3 Å². The molecule has 0 aliphatic heterocycles. The Morgan fingerprint density at radius 2 is 1.91 bits per heavy atom. The molecule has 124 valence electrons. The fourth-order valence-electron chi connectivity index (χ4n) is 3.15. The molecule has 1 amide bonds. The average Bonchev–Trinajstić information content (AvgIpc) is 3.11. The van der Waals surface area contributed by atoms with Crippen LogP contribution in [0, 0.1) is 13.8 Å². The van der Waals surface area contributed by atoms with Crippen molar-refractivity contribution in [2.45, 2.75) is 64.8 Å². The normalized spacial score (nSPS) is 16.8. The highest BCUT2D eigenvalue weighted by molar-refractivity contribution is 7.15. The van der Waals surface area contributed by atoms with E-state index in [9.17, 15) is 4.79 Å². The third-order valence-electron chi connectivity index (χ3n) is 4.59. The van der Waals surface area contributed by atoms with Crippen molar-refractivity contribution in [1.82, 2.24) is 25.5 Å². The minimum Gasteiger partial charge on any atom is -0.349 e. The molecule has 1 fully saturated rings. The van der Waals surface area contributed by atoms with Crippen LogP contribution in [0.2, 0.25) is 0 Å². The fraction of sp³-hybridized carbons (Fsp3) is 0.625. The van der Waals surface area contributed by atoms with Crippen LogP contribution in [0.5, 0.6) is 0 Å². The summed E-state index contributed by atoms with van der Waals surface area (Å²) in [5, 5.41) is 15.4. The smallest absolute Gasteiger partial charge is 0.254 e. The van der Waals surface area contributed by atoms with Crippen molar-refractivity contribution in [3.8, 4) is 5.00 Å². The third kappa shape index (κ3) is 3.60. The van der Waals surface area contributed by atoms with E-state index in [-0.39, 0.29) is 11.9 Å². The molecule has 2 heterocycles. The maximum atomic E-state index is 12.9. The van der Waals surface area contributed by atoms with Crippen LogP contribution in [0.3, 0.4) is 0 Å². The molecule has 0 unspecified atom stereocenters. The van der Waals surface area contributed by atoms with Gasteiger partial charge in [-0.25, -0.2) is 0 Å². The van der Waals surface area contributed by atoms with Gasteiger partial charge in [0.05, 0.1) is 5.56 Å². The lowest BCUT2D eigenvalue weighted by atomic mass is 9.96. The number of aromatic nitrogens is 4. The zero-order valence-electron chi connectivity index (χ0n) is 13.7. The minimum absolute atomic E-state index is 0.00271. The summed E-state index contributed by atoms with van der Waals surface area (Å²) in [4.78, 5) is 14.0. The highest BCUT2D eigenvalue weighted by atomic mass is 32.1. The molecule has 0 bridgehead atoms. The molecule has 2 aromatic rings. The molecule has 2 aromatic heterocycles. The SMILES string of the molecule is Cc1sc(-n2cnnn2)c(C(=O)NC2CCCCCCC2)c1C. The van der Waals surface area contributed by atoms with E-state index < -0.39 is 0 Å². The van der Waals surface area contributed by atoms with Gasteiger partial charge in [0.2, 0.25) is 0 Å². The van der Waals surface area contributed by atoms with Crippen LogP contribution in [0.15, 0.2) is 6.33 Å². The molecule has 23 heavy (non-hydrogen) atoms. The van der Waals surface area contributed by atoms with Crippen molar-refractivity contribution in [3.05, 3.63) is 22.3 Å². The van der Waals surface area contributed by atoms with Crippen molar-refractivity contribution in [2.75, 3.05) is 0 Å². The van der Waals surface area contributed by atoms with Crippen molar-refractivity contribution >= 4 is 17.2 Å². The molecule has 0 spiro atoms. The number of nitrogens with one attached hydrogen (secondary N) is 1. The van der Waals surface area contributed by atoms with Gasteiger partial charge in [-0.05, 0) is 42.7 Å². The summed E-state index contributed by atoms with van der Waals surface area (Å²) in [6.07, 6.45) is 9.98. The highest BCUT2D eigenvalue weighted by Crippen LogP contribution is 2.30. The van der Waals surface area contributed by atoms with Crippen LogP contribution >= 0.6 is 11.3 Å². The maximum absolute atomic E-state index is 12.9. The molecule has 1 aliphatic rings. The number of aryl methyl sites for hydroxylation is 1. The Morgan fingerprint density at radius 1 is 1.22 bits per heavy atom. The van der Waals surface area contributed by atoms with Gasteiger partial charge in [-0.15, -0.1) is 16.4 Å². The average molecular weight is 333 g/mol. The van der Waals surface area contributed by atoms with Crippen LogP contribution in [0.1, 0.15) is 65.7 Å².